The Kier molecular flexibility index (Phi) is 9.26. The molecule has 33 heavy (non-hydrogen) atoms. The summed E-state index contributed by atoms with van der Waals surface area (Å²) in [6, 6.07) is 17.8. The molecule has 3 aromatic rings. The topological polar surface area (TPSA) is 71.3 Å². The molecule has 1 amide bonds. The van der Waals surface area contributed by atoms with Crippen LogP contribution in [0.2, 0.25) is 10.0 Å². The van der Waals surface area contributed by atoms with E-state index in [1.54, 1.807) is 49.6 Å². The summed E-state index contributed by atoms with van der Waals surface area (Å²) in [5.74, 6) is 0.875. The molecular formula is C24H16Cl2I2N2O3. The van der Waals surface area contributed by atoms with Crippen molar-refractivity contribution in [2.45, 2.75) is 6.61 Å². The van der Waals surface area contributed by atoms with Gasteiger partial charge in [-0.05, 0) is 105 Å². The lowest BCUT2D eigenvalue weighted by Gasteiger charge is -2.13. The molecule has 0 heterocycles. The molecule has 1 N–H and O–H groups in total. The first kappa shape index (κ1) is 25.6. The molecule has 0 aliphatic carbocycles. The third kappa shape index (κ3) is 6.99. The van der Waals surface area contributed by atoms with Gasteiger partial charge in [-0.25, -0.2) is 0 Å². The lowest BCUT2D eigenvalue weighted by Crippen LogP contribution is -2.13. The Morgan fingerprint density at radius 1 is 1.09 bits per heavy atom. The summed E-state index contributed by atoms with van der Waals surface area (Å²) in [5.41, 5.74) is 2.08. The normalized spacial score (nSPS) is 11.0. The Morgan fingerprint density at radius 3 is 2.33 bits per heavy atom. The van der Waals surface area contributed by atoms with Crippen LogP contribution in [-0.2, 0) is 11.4 Å². The minimum atomic E-state index is -0.495. The molecule has 0 unspecified atom stereocenters. The predicted octanol–water partition coefficient (Wildman–Crippen LogP) is 7.34. The molecule has 3 aromatic carbocycles. The number of ether oxygens (including phenoxy) is 2. The van der Waals surface area contributed by atoms with Gasteiger partial charge in [0.15, 0.2) is 0 Å². The van der Waals surface area contributed by atoms with E-state index in [4.69, 9.17) is 32.7 Å². The van der Waals surface area contributed by atoms with E-state index in [0.717, 1.165) is 12.7 Å². The number of nitrogens with one attached hydrogen (secondary N) is 1. The number of amides is 1. The van der Waals surface area contributed by atoms with Crippen molar-refractivity contribution in [2.75, 3.05) is 12.4 Å². The second kappa shape index (κ2) is 11.9. The van der Waals surface area contributed by atoms with Gasteiger partial charge in [0, 0.05) is 21.3 Å². The predicted molar refractivity (Wildman–Crippen MR) is 148 cm³/mol. The van der Waals surface area contributed by atoms with Crippen molar-refractivity contribution >= 4 is 86.1 Å². The Hall–Kier alpha value is -2.00. The molecule has 0 aromatic heterocycles. The van der Waals surface area contributed by atoms with Crippen LogP contribution in [0.5, 0.6) is 11.5 Å². The van der Waals surface area contributed by atoms with E-state index in [-0.39, 0.29) is 12.2 Å². The molecular weight excluding hydrogens is 689 g/mol. The second-order valence-corrected chi connectivity index (χ2v) is 9.86. The summed E-state index contributed by atoms with van der Waals surface area (Å²) in [4.78, 5) is 12.6. The second-order valence-electron chi connectivity index (χ2n) is 6.69. The minimum absolute atomic E-state index is 0.0148. The zero-order valence-electron chi connectivity index (χ0n) is 17.2. The largest absolute Gasteiger partial charge is 0.497 e. The van der Waals surface area contributed by atoms with Crippen LogP contribution in [0, 0.1) is 18.5 Å². The zero-order valence-corrected chi connectivity index (χ0v) is 23.0. The van der Waals surface area contributed by atoms with Gasteiger partial charge in [-0.3, -0.25) is 4.79 Å². The fourth-order valence-electron chi connectivity index (χ4n) is 2.78. The smallest absolute Gasteiger partial charge is 0.266 e. The first-order chi connectivity index (χ1) is 15.8. The maximum atomic E-state index is 12.6. The Bertz CT molecular complexity index is 1230. The van der Waals surface area contributed by atoms with Gasteiger partial charge >= 0.3 is 0 Å². The number of hydrogen-bond donors (Lipinski definition) is 1. The molecule has 0 fully saturated rings. The van der Waals surface area contributed by atoms with Gasteiger partial charge in [0.1, 0.15) is 29.7 Å². The molecule has 168 valence electrons. The molecule has 0 aliphatic heterocycles. The van der Waals surface area contributed by atoms with Crippen LogP contribution in [0.4, 0.5) is 5.69 Å². The first-order valence-corrected chi connectivity index (χ1v) is 12.3. The fourth-order valence-corrected chi connectivity index (χ4v) is 5.37. The highest BCUT2D eigenvalue weighted by Crippen LogP contribution is 2.31. The molecule has 0 bridgehead atoms. The number of methoxy groups -OCH3 is 1. The van der Waals surface area contributed by atoms with Crippen LogP contribution in [0.3, 0.4) is 0 Å². The van der Waals surface area contributed by atoms with Crippen LogP contribution in [0.1, 0.15) is 11.1 Å². The maximum Gasteiger partial charge on any atom is 0.266 e. The van der Waals surface area contributed by atoms with Gasteiger partial charge in [-0.1, -0.05) is 29.3 Å². The molecule has 0 aliphatic rings. The number of nitrogens with zero attached hydrogens (tertiary/aromatic N) is 1. The summed E-state index contributed by atoms with van der Waals surface area (Å²) in [6.07, 6.45) is 1.54. The van der Waals surface area contributed by atoms with E-state index >= 15 is 0 Å². The number of halogens is 4. The average molecular weight is 705 g/mol. The first-order valence-electron chi connectivity index (χ1n) is 9.43. The van der Waals surface area contributed by atoms with Crippen molar-refractivity contribution in [3.05, 3.63) is 88.5 Å². The summed E-state index contributed by atoms with van der Waals surface area (Å²) in [6.45, 7) is 0.283. The van der Waals surface area contributed by atoms with Crippen molar-refractivity contribution < 1.29 is 14.3 Å². The van der Waals surface area contributed by atoms with Crippen LogP contribution in [-0.4, -0.2) is 13.0 Å². The molecule has 0 saturated carbocycles. The summed E-state index contributed by atoms with van der Waals surface area (Å²) in [7, 11) is 1.57. The van der Waals surface area contributed by atoms with Crippen molar-refractivity contribution in [3.63, 3.8) is 0 Å². The van der Waals surface area contributed by atoms with E-state index in [1.807, 2.05) is 24.3 Å². The lowest BCUT2D eigenvalue weighted by molar-refractivity contribution is -0.112. The van der Waals surface area contributed by atoms with Crippen molar-refractivity contribution in [3.8, 4) is 17.6 Å². The Morgan fingerprint density at radius 2 is 1.76 bits per heavy atom. The third-order valence-corrected chi connectivity index (χ3v) is 6.62. The minimum Gasteiger partial charge on any atom is -0.497 e. The van der Waals surface area contributed by atoms with Crippen molar-refractivity contribution in [1.29, 1.82) is 5.26 Å². The molecule has 0 atom stereocenters. The van der Waals surface area contributed by atoms with Crippen LogP contribution in [0.15, 0.2) is 60.2 Å². The number of carbonyl (C=O) groups excluding carboxylic acids is 1. The average Bonchev–Trinajstić information content (AvgIpc) is 2.78. The van der Waals surface area contributed by atoms with E-state index in [9.17, 15) is 10.1 Å². The van der Waals surface area contributed by atoms with Crippen LogP contribution >= 0.6 is 68.4 Å². The van der Waals surface area contributed by atoms with Gasteiger partial charge in [0.2, 0.25) is 0 Å². The summed E-state index contributed by atoms with van der Waals surface area (Å²) >= 11 is 16.5. The SMILES string of the molecule is COc1ccc(NC(=O)/C(C#N)=C\c2cc(I)c(OCc3ccc(Cl)cc3Cl)c(I)c2)cc1. The quantitative estimate of drug-likeness (QED) is 0.159. The van der Waals surface area contributed by atoms with Gasteiger partial charge < -0.3 is 14.8 Å². The fraction of sp³-hybridized carbons (Fsp3) is 0.0833. The number of anilines is 1. The highest BCUT2D eigenvalue weighted by molar-refractivity contribution is 14.1. The summed E-state index contributed by atoms with van der Waals surface area (Å²) in [5, 5.41) is 13.3. The van der Waals surface area contributed by atoms with E-state index in [0.29, 0.717) is 32.8 Å². The van der Waals surface area contributed by atoms with Crippen LogP contribution < -0.4 is 14.8 Å². The Balaban J connectivity index is 1.76. The standard InChI is InChI=1S/C24H16Cl2I2N2O3/c1-32-19-6-4-18(5-7-19)30-24(31)16(12-29)8-14-9-21(27)23(22(28)10-14)33-13-15-2-3-17(25)11-20(15)26/h2-11H,13H2,1H3,(H,30,31)/b16-8-. The molecule has 0 radical (unpaired) electrons. The highest BCUT2D eigenvalue weighted by Gasteiger charge is 2.13. The van der Waals surface area contributed by atoms with Gasteiger partial charge in [0.25, 0.3) is 5.91 Å². The van der Waals surface area contributed by atoms with E-state index in [1.165, 1.54) is 0 Å². The Labute approximate surface area is 229 Å². The summed E-state index contributed by atoms with van der Waals surface area (Å²) < 4.78 is 12.8. The maximum absolute atomic E-state index is 12.6. The van der Waals surface area contributed by atoms with Gasteiger partial charge in [0.05, 0.1) is 14.3 Å². The molecule has 0 spiro atoms. The van der Waals surface area contributed by atoms with Crippen molar-refractivity contribution in [1.82, 2.24) is 0 Å². The third-order valence-electron chi connectivity index (χ3n) is 4.43. The lowest BCUT2D eigenvalue weighted by atomic mass is 10.1. The zero-order chi connectivity index (χ0) is 24.0. The number of rotatable bonds is 7. The number of nitriles is 1. The van der Waals surface area contributed by atoms with Crippen molar-refractivity contribution in [2.24, 2.45) is 0 Å². The van der Waals surface area contributed by atoms with E-state index in [2.05, 4.69) is 50.5 Å². The molecule has 0 saturated heterocycles. The van der Waals surface area contributed by atoms with Gasteiger partial charge in [-0.15, -0.1) is 0 Å². The molecule has 5 nitrogen and oxygen atoms in total. The highest BCUT2D eigenvalue weighted by atomic mass is 127. The monoisotopic (exact) mass is 704 g/mol. The number of benzene rings is 3. The van der Waals surface area contributed by atoms with E-state index < -0.39 is 5.91 Å². The molecule has 3 rings (SSSR count). The van der Waals surface area contributed by atoms with Gasteiger partial charge in [-0.2, -0.15) is 5.26 Å². The van der Waals surface area contributed by atoms with Crippen LogP contribution in [0.25, 0.3) is 6.08 Å². The number of carbonyl (C=O) groups is 1. The molecule has 9 heteroatoms. The number of hydrogen-bond acceptors (Lipinski definition) is 4.